The number of rotatable bonds is 1. The summed E-state index contributed by atoms with van der Waals surface area (Å²) in [6, 6.07) is 2.68. The molecule has 0 unspecified atom stereocenters. The van der Waals surface area contributed by atoms with Crippen LogP contribution in [0.15, 0.2) is 24.5 Å². The predicted octanol–water partition coefficient (Wildman–Crippen LogP) is 3.64. The third-order valence-electron chi connectivity index (χ3n) is 2.46. The number of fused-ring (bicyclic) bond motifs is 1. The van der Waals surface area contributed by atoms with E-state index in [0.717, 1.165) is 11.6 Å². The molecule has 0 atom stereocenters. The number of pyridine rings is 1. The first kappa shape index (κ1) is 10.0. The lowest BCUT2D eigenvalue weighted by Crippen LogP contribution is -1.95. The van der Waals surface area contributed by atoms with Crippen LogP contribution in [0.1, 0.15) is 25.3 Å². The van der Waals surface area contributed by atoms with Gasteiger partial charge in [0.1, 0.15) is 0 Å². The maximum absolute atomic E-state index is 13.6. The van der Waals surface area contributed by atoms with Crippen molar-refractivity contribution in [3.63, 3.8) is 0 Å². The molecule has 1 nitrogen and oxygen atoms in total. The second-order valence-electron chi connectivity index (χ2n) is 3.84. The molecule has 15 heavy (non-hydrogen) atoms. The van der Waals surface area contributed by atoms with Crippen LogP contribution in [0.4, 0.5) is 8.78 Å². The topological polar surface area (TPSA) is 12.9 Å². The van der Waals surface area contributed by atoms with Gasteiger partial charge in [0.25, 0.3) is 0 Å². The molecule has 0 bridgehead atoms. The predicted molar refractivity (Wildman–Crippen MR) is 55.7 cm³/mol. The van der Waals surface area contributed by atoms with Crippen LogP contribution in [0.3, 0.4) is 0 Å². The van der Waals surface area contributed by atoms with Crippen LogP contribution in [0.2, 0.25) is 0 Å². The summed E-state index contributed by atoms with van der Waals surface area (Å²) in [4.78, 5) is 4.02. The van der Waals surface area contributed by atoms with Gasteiger partial charge in [0.05, 0.1) is 0 Å². The minimum absolute atomic E-state index is 0.123. The van der Waals surface area contributed by atoms with E-state index in [9.17, 15) is 8.78 Å². The van der Waals surface area contributed by atoms with Crippen LogP contribution in [-0.4, -0.2) is 4.98 Å². The fraction of sp³-hybridized carbons (Fsp3) is 0.250. The zero-order chi connectivity index (χ0) is 11.0. The SMILES string of the molecule is CC(C)c1cncc2ccc(F)c(F)c12. The number of nitrogens with zero attached hydrogens (tertiary/aromatic N) is 1. The molecular weight excluding hydrogens is 196 g/mol. The first-order chi connectivity index (χ1) is 7.11. The van der Waals surface area contributed by atoms with Gasteiger partial charge in [-0.25, -0.2) is 8.78 Å². The molecule has 1 aromatic carbocycles. The molecule has 0 aliphatic rings. The maximum atomic E-state index is 13.6. The number of benzene rings is 1. The Balaban J connectivity index is 2.88. The summed E-state index contributed by atoms with van der Waals surface area (Å²) >= 11 is 0. The lowest BCUT2D eigenvalue weighted by atomic mass is 9.98. The first-order valence-electron chi connectivity index (χ1n) is 4.83. The standard InChI is InChI=1S/C12H11F2N/c1-7(2)9-6-15-5-8-3-4-10(13)12(14)11(8)9/h3-7H,1-2H3. The fourth-order valence-electron chi connectivity index (χ4n) is 1.67. The summed E-state index contributed by atoms with van der Waals surface area (Å²) in [5, 5.41) is 0.986. The molecule has 0 N–H and O–H groups in total. The largest absolute Gasteiger partial charge is 0.264 e. The molecule has 0 aliphatic carbocycles. The Morgan fingerprint density at radius 2 is 1.87 bits per heavy atom. The second-order valence-corrected chi connectivity index (χ2v) is 3.84. The molecule has 2 aromatic rings. The lowest BCUT2D eigenvalue weighted by molar-refractivity contribution is 0.516. The molecule has 0 aliphatic heterocycles. The molecule has 0 saturated heterocycles. The van der Waals surface area contributed by atoms with Crippen LogP contribution >= 0.6 is 0 Å². The van der Waals surface area contributed by atoms with E-state index in [-0.39, 0.29) is 5.92 Å². The molecule has 1 heterocycles. The highest BCUT2D eigenvalue weighted by atomic mass is 19.2. The highest BCUT2D eigenvalue weighted by Gasteiger charge is 2.13. The third-order valence-corrected chi connectivity index (χ3v) is 2.46. The average Bonchev–Trinajstić information content (AvgIpc) is 2.23. The summed E-state index contributed by atoms with van der Waals surface area (Å²) in [6.07, 6.45) is 3.14. The summed E-state index contributed by atoms with van der Waals surface area (Å²) in [6.45, 7) is 3.86. The van der Waals surface area contributed by atoms with Gasteiger partial charge in [-0.1, -0.05) is 13.8 Å². The lowest BCUT2D eigenvalue weighted by Gasteiger charge is -2.09. The molecule has 2 rings (SSSR count). The molecule has 3 heteroatoms. The van der Waals surface area contributed by atoms with Gasteiger partial charge in [-0.15, -0.1) is 0 Å². The second kappa shape index (κ2) is 3.57. The van der Waals surface area contributed by atoms with Crippen molar-refractivity contribution in [2.45, 2.75) is 19.8 Å². The van der Waals surface area contributed by atoms with Crippen molar-refractivity contribution in [2.24, 2.45) is 0 Å². The van der Waals surface area contributed by atoms with E-state index in [1.165, 1.54) is 0 Å². The zero-order valence-corrected chi connectivity index (χ0v) is 8.59. The number of hydrogen-bond donors (Lipinski definition) is 0. The first-order valence-corrected chi connectivity index (χ1v) is 4.83. The van der Waals surface area contributed by atoms with E-state index in [1.807, 2.05) is 13.8 Å². The van der Waals surface area contributed by atoms with E-state index in [4.69, 9.17) is 0 Å². The Kier molecular flexibility index (Phi) is 2.39. The van der Waals surface area contributed by atoms with Gasteiger partial charge in [0.15, 0.2) is 11.6 Å². The molecule has 0 saturated carbocycles. The Morgan fingerprint density at radius 3 is 2.53 bits per heavy atom. The highest BCUT2D eigenvalue weighted by Crippen LogP contribution is 2.27. The molecule has 0 fully saturated rings. The number of aromatic nitrogens is 1. The van der Waals surface area contributed by atoms with Crippen LogP contribution in [-0.2, 0) is 0 Å². The van der Waals surface area contributed by atoms with E-state index < -0.39 is 11.6 Å². The molecule has 0 radical (unpaired) electrons. The van der Waals surface area contributed by atoms with Gasteiger partial charge in [0.2, 0.25) is 0 Å². The van der Waals surface area contributed by atoms with Crippen molar-refractivity contribution in [1.82, 2.24) is 4.98 Å². The zero-order valence-electron chi connectivity index (χ0n) is 8.59. The molecule has 0 spiro atoms. The molecule has 0 amide bonds. The quantitative estimate of drug-likeness (QED) is 0.695. The summed E-state index contributed by atoms with van der Waals surface area (Å²) < 4.78 is 26.7. The van der Waals surface area contributed by atoms with Crippen molar-refractivity contribution < 1.29 is 8.78 Å². The van der Waals surface area contributed by atoms with Crippen molar-refractivity contribution >= 4 is 10.8 Å². The van der Waals surface area contributed by atoms with Crippen LogP contribution in [0, 0.1) is 11.6 Å². The fourth-order valence-corrected chi connectivity index (χ4v) is 1.67. The minimum atomic E-state index is -0.810. The third kappa shape index (κ3) is 1.58. The van der Waals surface area contributed by atoms with Crippen LogP contribution in [0.25, 0.3) is 10.8 Å². The maximum Gasteiger partial charge on any atom is 0.167 e. The van der Waals surface area contributed by atoms with Crippen molar-refractivity contribution in [1.29, 1.82) is 0 Å². The highest BCUT2D eigenvalue weighted by molar-refractivity contribution is 5.85. The molecule has 1 aromatic heterocycles. The summed E-state index contributed by atoms with van der Waals surface area (Å²) in [5.41, 5.74) is 0.740. The minimum Gasteiger partial charge on any atom is -0.264 e. The Morgan fingerprint density at radius 1 is 1.13 bits per heavy atom. The Hall–Kier alpha value is -1.51. The molecule has 78 valence electrons. The smallest absolute Gasteiger partial charge is 0.167 e. The Bertz CT molecular complexity index is 506. The Labute approximate surface area is 86.8 Å². The number of hydrogen-bond acceptors (Lipinski definition) is 1. The average molecular weight is 207 g/mol. The number of halogens is 2. The van der Waals surface area contributed by atoms with E-state index in [2.05, 4.69) is 4.98 Å². The summed E-state index contributed by atoms with van der Waals surface area (Å²) in [7, 11) is 0. The van der Waals surface area contributed by atoms with E-state index in [0.29, 0.717) is 10.8 Å². The van der Waals surface area contributed by atoms with E-state index >= 15 is 0 Å². The van der Waals surface area contributed by atoms with Gasteiger partial charge < -0.3 is 0 Å². The van der Waals surface area contributed by atoms with Crippen molar-refractivity contribution in [3.05, 3.63) is 41.7 Å². The normalized spacial score (nSPS) is 11.3. The van der Waals surface area contributed by atoms with Gasteiger partial charge in [-0.2, -0.15) is 0 Å². The van der Waals surface area contributed by atoms with Gasteiger partial charge in [0, 0.05) is 23.2 Å². The van der Waals surface area contributed by atoms with Gasteiger partial charge in [-0.3, -0.25) is 4.98 Å². The summed E-state index contributed by atoms with van der Waals surface area (Å²) in [5.74, 6) is -1.47. The van der Waals surface area contributed by atoms with E-state index in [1.54, 1.807) is 18.5 Å². The molecular formula is C12H11F2N. The monoisotopic (exact) mass is 207 g/mol. The van der Waals surface area contributed by atoms with Gasteiger partial charge in [-0.05, 0) is 23.6 Å². The van der Waals surface area contributed by atoms with Gasteiger partial charge >= 0.3 is 0 Å². The van der Waals surface area contributed by atoms with Crippen molar-refractivity contribution in [2.75, 3.05) is 0 Å². The van der Waals surface area contributed by atoms with Crippen LogP contribution in [0.5, 0.6) is 0 Å². The van der Waals surface area contributed by atoms with Crippen LogP contribution < -0.4 is 0 Å². The van der Waals surface area contributed by atoms with Crippen molar-refractivity contribution in [3.8, 4) is 0 Å².